The summed E-state index contributed by atoms with van der Waals surface area (Å²) in [5, 5.41) is 6.06. The molecule has 0 aliphatic carbocycles. The maximum Gasteiger partial charge on any atom is 0.225 e. The van der Waals surface area contributed by atoms with Crippen LogP contribution >= 0.6 is 0 Å². The summed E-state index contributed by atoms with van der Waals surface area (Å²) in [4.78, 5) is 13.5. The highest BCUT2D eigenvalue weighted by atomic mass is 15.3. The van der Waals surface area contributed by atoms with E-state index in [1.807, 2.05) is 18.5 Å². The topological polar surface area (TPSA) is 44.3 Å². The molecule has 1 saturated heterocycles. The second kappa shape index (κ2) is 7.92. The molecule has 1 aliphatic rings. The van der Waals surface area contributed by atoms with Gasteiger partial charge in [0, 0.05) is 51.3 Å². The monoisotopic (exact) mass is 361 g/mol. The molecule has 1 atom stereocenters. The van der Waals surface area contributed by atoms with Crippen molar-refractivity contribution in [2.24, 2.45) is 0 Å². The van der Waals surface area contributed by atoms with Gasteiger partial charge < -0.3 is 15.1 Å². The van der Waals surface area contributed by atoms with Crippen molar-refractivity contribution in [1.82, 2.24) is 15.3 Å². The Kier molecular flexibility index (Phi) is 5.21. The van der Waals surface area contributed by atoms with Crippen molar-refractivity contribution in [3.63, 3.8) is 0 Å². The zero-order valence-corrected chi connectivity index (χ0v) is 16.1. The zero-order valence-electron chi connectivity index (χ0n) is 16.1. The van der Waals surface area contributed by atoms with Gasteiger partial charge in [-0.1, -0.05) is 18.2 Å². The first-order valence-corrected chi connectivity index (χ1v) is 9.65. The third-order valence-electron chi connectivity index (χ3n) is 5.28. The molecule has 0 amide bonds. The molecule has 1 aromatic heterocycles. The van der Waals surface area contributed by atoms with Gasteiger partial charge in [-0.15, -0.1) is 0 Å². The summed E-state index contributed by atoms with van der Waals surface area (Å²) in [6, 6.07) is 15.7. The number of rotatable bonds is 5. The molecular formula is C22H27N5. The minimum Gasteiger partial charge on any atom is -0.378 e. The second-order valence-electron chi connectivity index (χ2n) is 7.44. The van der Waals surface area contributed by atoms with E-state index in [4.69, 9.17) is 0 Å². The highest BCUT2D eigenvalue weighted by molar-refractivity contribution is 5.86. The SMILES string of the molecule is CN(C)c1ccc2cc(CN(c3ncccn3)C3CCCNC3)ccc2c1. The third-order valence-corrected chi connectivity index (χ3v) is 5.28. The lowest BCUT2D eigenvalue weighted by Crippen LogP contribution is -2.46. The van der Waals surface area contributed by atoms with Crippen LogP contribution in [0.3, 0.4) is 0 Å². The first-order valence-electron chi connectivity index (χ1n) is 9.65. The third kappa shape index (κ3) is 4.03. The van der Waals surface area contributed by atoms with E-state index in [-0.39, 0.29) is 0 Å². The van der Waals surface area contributed by atoms with E-state index in [0.29, 0.717) is 6.04 Å². The van der Waals surface area contributed by atoms with E-state index >= 15 is 0 Å². The fraction of sp³-hybridized carbons (Fsp3) is 0.364. The highest BCUT2D eigenvalue weighted by Gasteiger charge is 2.23. The van der Waals surface area contributed by atoms with Crippen LogP contribution in [0.25, 0.3) is 10.8 Å². The molecule has 2 aromatic carbocycles. The van der Waals surface area contributed by atoms with Gasteiger partial charge in [-0.2, -0.15) is 0 Å². The van der Waals surface area contributed by atoms with E-state index in [0.717, 1.165) is 25.6 Å². The Balaban J connectivity index is 1.63. The van der Waals surface area contributed by atoms with E-state index in [1.54, 1.807) is 0 Å². The molecule has 4 rings (SSSR count). The van der Waals surface area contributed by atoms with E-state index in [9.17, 15) is 0 Å². The van der Waals surface area contributed by atoms with Crippen LogP contribution in [0.2, 0.25) is 0 Å². The van der Waals surface area contributed by atoms with Gasteiger partial charge in [0.25, 0.3) is 0 Å². The fourth-order valence-corrected chi connectivity index (χ4v) is 3.76. The lowest BCUT2D eigenvalue weighted by Gasteiger charge is -2.34. The van der Waals surface area contributed by atoms with Crippen molar-refractivity contribution < 1.29 is 0 Å². The van der Waals surface area contributed by atoms with E-state index in [1.165, 1.54) is 34.9 Å². The predicted octanol–water partition coefficient (Wildman–Crippen LogP) is 3.45. The first kappa shape index (κ1) is 17.7. The van der Waals surface area contributed by atoms with Crippen LogP contribution in [-0.2, 0) is 6.54 Å². The number of nitrogens with zero attached hydrogens (tertiary/aromatic N) is 4. The molecule has 0 radical (unpaired) electrons. The Morgan fingerprint density at radius 2 is 1.81 bits per heavy atom. The smallest absolute Gasteiger partial charge is 0.225 e. The minimum atomic E-state index is 0.424. The number of aromatic nitrogens is 2. The summed E-state index contributed by atoms with van der Waals surface area (Å²) in [5.74, 6) is 0.814. The van der Waals surface area contributed by atoms with Gasteiger partial charge in [0.2, 0.25) is 5.95 Å². The number of hydrogen-bond acceptors (Lipinski definition) is 5. The van der Waals surface area contributed by atoms with Crippen molar-refractivity contribution in [2.45, 2.75) is 25.4 Å². The van der Waals surface area contributed by atoms with Crippen molar-refractivity contribution >= 4 is 22.4 Å². The predicted molar refractivity (Wildman–Crippen MR) is 112 cm³/mol. The summed E-state index contributed by atoms with van der Waals surface area (Å²) in [5.41, 5.74) is 2.51. The number of fused-ring (bicyclic) bond motifs is 1. The average molecular weight is 361 g/mol. The standard InChI is InChI=1S/C22H27N5/c1-26(2)20-9-8-18-13-17(6-7-19(18)14-20)16-27(21-5-3-10-23-15-21)22-24-11-4-12-25-22/h4,6-9,11-14,21,23H,3,5,10,15-16H2,1-2H3. The molecular weight excluding hydrogens is 334 g/mol. The number of benzene rings is 2. The van der Waals surface area contributed by atoms with Crippen molar-refractivity contribution in [3.8, 4) is 0 Å². The van der Waals surface area contributed by atoms with Gasteiger partial charge in [-0.05, 0) is 60.0 Å². The Morgan fingerprint density at radius 3 is 2.56 bits per heavy atom. The van der Waals surface area contributed by atoms with E-state index in [2.05, 4.69) is 75.6 Å². The van der Waals surface area contributed by atoms with E-state index < -0.39 is 0 Å². The second-order valence-corrected chi connectivity index (χ2v) is 7.44. The van der Waals surface area contributed by atoms with Crippen LogP contribution in [0, 0.1) is 0 Å². The molecule has 1 aliphatic heterocycles. The van der Waals surface area contributed by atoms with Crippen LogP contribution in [0.1, 0.15) is 18.4 Å². The number of nitrogens with one attached hydrogen (secondary N) is 1. The summed E-state index contributed by atoms with van der Waals surface area (Å²) in [6.45, 7) is 2.91. The number of anilines is 2. The Morgan fingerprint density at radius 1 is 1.04 bits per heavy atom. The normalized spacial score (nSPS) is 17.0. The molecule has 0 spiro atoms. The highest BCUT2D eigenvalue weighted by Crippen LogP contribution is 2.25. The molecule has 0 bridgehead atoms. The fourth-order valence-electron chi connectivity index (χ4n) is 3.76. The van der Waals surface area contributed by atoms with Crippen LogP contribution in [-0.4, -0.2) is 43.2 Å². The number of piperidine rings is 1. The zero-order chi connectivity index (χ0) is 18.6. The van der Waals surface area contributed by atoms with Crippen molar-refractivity contribution in [2.75, 3.05) is 37.0 Å². The summed E-state index contributed by atoms with van der Waals surface area (Å²) in [7, 11) is 4.15. The molecule has 5 nitrogen and oxygen atoms in total. The summed E-state index contributed by atoms with van der Waals surface area (Å²) >= 11 is 0. The van der Waals surface area contributed by atoms with Crippen LogP contribution < -0.4 is 15.1 Å². The summed E-state index contributed by atoms with van der Waals surface area (Å²) in [6.07, 6.45) is 6.02. The van der Waals surface area contributed by atoms with Crippen LogP contribution in [0.15, 0.2) is 54.9 Å². The Labute approximate surface area is 161 Å². The van der Waals surface area contributed by atoms with Crippen LogP contribution in [0.4, 0.5) is 11.6 Å². The van der Waals surface area contributed by atoms with Gasteiger partial charge in [-0.25, -0.2) is 9.97 Å². The minimum absolute atomic E-state index is 0.424. The molecule has 5 heteroatoms. The van der Waals surface area contributed by atoms with Crippen molar-refractivity contribution in [3.05, 3.63) is 60.4 Å². The molecule has 1 N–H and O–H groups in total. The number of hydrogen-bond donors (Lipinski definition) is 1. The van der Waals surface area contributed by atoms with Gasteiger partial charge in [-0.3, -0.25) is 0 Å². The molecule has 27 heavy (non-hydrogen) atoms. The molecule has 1 fully saturated rings. The maximum atomic E-state index is 4.53. The summed E-state index contributed by atoms with van der Waals surface area (Å²) < 4.78 is 0. The Bertz CT molecular complexity index is 888. The molecule has 140 valence electrons. The van der Waals surface area contributed by atoms with Gasteiger partial charge in [0.1, 0.15) is 0 Å². The molecule has 2 heterocycles. The Hall–Kier alpha value is -2.66. The molecule has 0 saturated carbocycles. The van der Waals surface area contributed by atoms with Gasteiger partial charge >= 0.3 is 0 Å². The maximum absolute atomic E-state index is 4.53. The first-order chi connectivity index (χ1) is 13.2. The lowest BCUT2D eigenvalue weighted by molar-refractivity contribution is 0.425. The average Bonchev–Trinajstić information content (AvgIpc) is 2.72. The molecule has 3 aromatic rings. The largest absolute Gasteiger partial charge is 0.378 e. The van der Waals surface area contributed by atoms with Gasteiger partial charge in [0.15, 0.2) is 0 Å². The lowest BCUT2D eigenvalue weighted by atomic mass is 10.0. The molecule has 1 unspecified atom stereocenters. The van der Waals surface area contributed by atoms with Crippen molar-refractivity contribution in [1.29, 1.82) is 0 Å². The quantitative estimate of drug-likeness (QED) is 0.754. The van der Waals surface area contributed by atoms with Crippen LogP contribution in [0.5, 0.6) is 0 Å². The van der Waals surface area contributed by atoms with Gasteiger partial charge in [0.05, 0.1) is 0 Å².